The van der Waals surface area contributed by atoms with Gasteiger partial charge in [-0.3, -0.25) is 4.90 Å². The van der Waals surface area contributed by atoms with E-state index in [1.54, 1.807) is 7.11 Å². The van der Waals surface area contributed by atoms with E-state index in [0.29, 0.717) is 0 Å². The third-order valence-corrected chi connectivity index (χ3v) is 4.63. The van der Waals surface area contributed by atoms with Crippen molar-refractivity contribution in [3.63, 3.8) is 0 Å². The molecular formula is C20H23N3O2. The fourth-order valence-corrected chi connectivity index (χ4v) is 3.40. The molecule has 5 heteroatoms. The van der Waals surface area contributed by atoms with Gasteiger partial charge in [0.25, 0.3) is 0 Å². The van der Waals surface area contributed by atoms with Gasteiger partial charge in [-0.05, 0) is 29.8 Å². The third kappa shape index (κ3) is 3.83. The molecule has 1 saturated heterocycles. The van der Waals surface area contributed by atoms with Gasteiger partial charge in [0.1, 0.15) is 11.6 Å². The number of benzene rings is 2. The number of fused-ring (bicyclic) bond motifs is 1. The molecule has 0 radical (unpaired) electrons. The molecule has 3 aromatic rings. The zero-order valence-corrected chi connectivity index (χ0v) is 14.4. The Bertz CT molecular complexity index is 813. The van der Waals surface area contributed by atoms with Crippen molar-refractivity contribution in [2.75, 3.05) is 26.8 Å². The summed E-state index contributed by atoms with van der Waals surface area (Å²) >= 11 is 0. The standard InChI is InChI=1S/C20H23N3O2/c1-24-16-6-4-5-15(11-16)12-17-13-23(9-10-25-17)14-20-21-18-7-2-3-8-19(18)22-20/h2-8,11,17H,9-10,12-14H2,1H3,(H,21,22)/t17-/m1/s1. The van der Waals surface area contributed by atoms with Crippen molar-refractivity contribution in [2.45, 2.75) is 19.1 Å². The van der Waals surface area contributed by atoms with Gasteiger partial charge >= 0.3 is 0 Å². The molecule has 4 rings (SSSR count). The molecule has 0 bridgehead atoms. The van der Waals surface area contributed by atoms with Gasteiger partial charge in [0, 0.05) is 19.5 Å². The maximum absolute atomic E-state index is 5.97. The van der Waals surface area contributed by atoms with Crippen molar-refractivity contribution in [2.24, 2.45) is 0 Å². The van der Waals surface area contributed by atoms with Gasteiger partial charge in [-0.25, -0.2) is 4.98 Å². The van der Waals surface area contributed by atoms with E-state index in [-0.39, 0.29) is 6.10 Å². The normalized spacial score (nSPS) is 18.5. The van der Waals surface area contributed by atoms with Gasteiger partial charge in [-0.2, -0.15) is 0 Å². The molecule has 25 heavy (non-hydrogen) atoms. The van der Waals surface area contributed by atoms with Crippen LogP contribution in [0.2, 0.25) is 0 Å². The molecule has 0 amide bonds. The van der Waals surface area contributed by atoms with E-state index < -0.39 is 0 Å². The Balaban J connectivity index is 1.40. The van der Waals surface area contributed by atoms with E-state index in [1.165, 1.54) is 5.56 Å². The molecular weight excluding hydrogens is 314 g/mol. The minimum absolute atomic E-state index is 0.199. The molecule has 0 unspecified atom stereocenters. The summed E-state index contributed by atoms with van der Waals surface area (Å²) in [7, 11) is 1.70. The summed E-state index contributed by atoms with van der Waals surface area (Å²) < 4.78 is 11.3. The van der Waals surface area contributed by atoms with Crippen LogP contribution in [0.3, 0.4) is 0 Å². The molecule has 0 saturated carbocycles. The second-order valence-corrected chi connectivity index (χ2v) is 6.48. The van der Waals surface area contributed by atoms with E-state index >= 15 is 0 Å². The average Bonchev–Trinajstić information content (AvgIpc) is 3.04. The summed E-state index contributed by atoms with van der Waals surface area (Å²) in [5.74, 6) is 1.91. The Labute approximate surface area is 147 Å². The number of hydrogen-bond acceptors (Lipinski definition) is 4. The molecule has 2 aromatic carbocycles. The Kier molecular flexibility index (Phi) is 4.68. The van der Waals surface area contributed by atoms with Crippen LogP contribution in [0.15, 0.2) is 48.5 Å². The van der Waals surface area contributed by atoms with Crippen LogP contribution in [0, 0.1) is 0 Å². The van der Waals surface area contributed by atoms with E-state index in [9.17, 15) is 0 Å². The van der Waals surface area contributed by atoms with Crippen LogP contribution in [0.25, 0.3) is 11.0 Å². The zero-order valence-electron chi connectivity index (χ0n) is 14.4. The number of H-pyrrole nitrogens is 1. The number of aromatic amines is 1. The summed E-state index contributed by atoms with van der Waals surface area (Å²) in [5.41, 5.74) is 3.37. The van der Waals surface area contributed by atoms with Gasteiger partial charge < -0.3 is 14.5 Å². The number of methoxy groups -OCH3 is 1. The maximum Gasteiger partial charge on any atom is 0.121 e. The Morgan fingerprint density at radius 3 is 3.04 bits per heavy atom. The third-order valence-electron chi connectivity index (χ3n) is 4.63. The van der Waals surface area contributed by atoms with Crippen LogP contribution in [-0.4, -0.2) is 47.8 Å². The highest BCUT2D eigenvalue weighted by Crippen LogP contribution is 2.18. The molecule has 130 valence electrons. The quantitative estimate of drug-likeness (QED) is 0.777. The van der Waals surface area contributed by atoms with Gasteiger partial charge in [-0.1, -0.05) is 24.3 Å². The average molecular weight is 337 g/mol. The smallest absolute Gasteiger partial charge is 0.121 e. The number of nitrogens with one attached hydrogen (secondary N) is 1. The minimum atomic E-state index is 0.199. The van der Waals surface area contributed by atoms with Crippen LogP contribution in [0.4, 0.5) is 0 Å². The monoisotopic (exact) mass is 337 g/mol. The summed E-state index contributed by atoms with van der Waals surface area (Å²) in [5, 5.41) is 0. The van der Waals surface area contributed by atoms with Crippen LogP contribution in [-0.2, 0) is 17.7 Å². The number of rotatable bonds is 5. The van der Waals surface area contributed by atoms with Gasteiger partial charge in [0.2, 0.25) is 0 Å². The predicted octanol–water partition coefficient (Wildman–Crippen LogP) is 3.02. The second kappa shape index (κ2) is 7.25. The van der Waals surface area contributed by atoms with E-state index in [4.69, 9.17) is 9.47 Å². The van der Waals surface area contributed by atoms with Crippen LogP contribution < -0.4 is 4.74 Å². The number of para-hydroxylation sites is 2. The van der Waals surface area contributed by atoms with Gasteiger partial charge in [0.05, 0.1) is 37.4 Å². The fourth-order valence-electron chi connectivity index (χ4n) is 3.40. The van der Waals surface area contributed by atoms with E-state index in [0.717, 1.165) is 55.3 Å². The van der Waals surface area contributed by atoms with Crippen molar-refractivity contribution in [1.29, 1.82) is 0 Å². The van der Waals surface area contributed by atoms with Crippen molar-refractivity contribution in [3.05, 3.63) is 59.9 Å². The number of hydrogen-bond donors (Lipinski definition) is 1. The second-order valence-electron chi connectivity index (χ2n) is 6.48. The van der Waals surface area contributed by atoms with Crippen LogP contribution in [0.5, 0.6) is 5.75 Å². The zero-order chi connectivity index (χ0) is 17.1. The highest BCUT2D eigenvalue weighted by molar-refractivity contribution is 5.74. The molecule has 1 N–H and O–H groups in total. The Morgan fingerprint density at radius 1 is 1.24 bits per heavy atom. The lowest BCUT2D eigenvalue weighted by atomic mass is 10.1. The lowest BCUT2D eigenvalue weighted by Crippen LogP contribution is -2.43. The van der Waals surface area contributed by atoms with Crippen LogP contribution >= 0.6 is 0 Å². The number of aromatic nitrogens is 2. The molecule has 1 fully saturated rings. The molecule has 2 heterocycles. The minimum Gasteiger partial charge on any atom is -0.497 e. The number of morpholine rings is 1. The highest BCUT2D eigenvalue weighted by atomic mass is 16.5. The molecule has 1 aliphatic rings. The van der Waals surface area contributed by atoms with Crippen molar-refractivity contribution < 1.29 is 9.47 Å². The van der Waals surface area contributed by atoms with Gasteiger partial charge in [0.15, 0.2) is 0 Å². The predicted molar refractivity (Wildman–Crippen MR) is 97.8 cm³/mol. The maximum atomic E-state index is 5.97. The Hall–Kier alpha value is -2.37. The first-order valence-corrected chi connectivity index (χ1v) is 8.70. The highest BCUT2D eigenvalue weighted by Gasteiger charge is 2.21. The first kappa shape index (κ1) is 16.1. The largest absolute Gasteiger partial charge is 0.497 e. The summed E-state index contributed by atoms with van der Waals surface area (Å²) in [6.07, 6.45) is 1.10. The SMILES string of the molecule is COc1cccc(C[C@@H]2CN(Cc3nc4ccccc4[nH]3)CCO2)c1. The number of nitrogens with zero attached hydrogens (tertiary/aromatic N) is 2. The fraction of sp³-hybridized carbons (Fsp3) is 0.350. The summed E-state index contributed by atoms with van der Waals surface area (Å²) in [6, 6.07) is 16.4. The molecule has 0 aliphatic carbocycles. The lowest BCUT2D eigenvalue weighted by molar-refractivity contribution is -0.0311. The number of imidazole rings is 1. The molecule has 1 atom stereocenters. The number of ether oxygens (including phenoxy) is 2. The first-order valence-electron chi connectivity index (χ1n) is 8.70. The van der Waals surface area contributed by atoms with Gasteiger partial charge in [-0.15, -0.1) is 0 Å². The molecule has 1 aromatic heterocycles. The Morgan fingerprint density at radius 2 is 2.16 bits per heavy atom. The van der Waals surface area contributed by atoms with Crippen molar-refractivity contribution in [3.8, 4) is 5.75 Å². The first-order chi connectivity index (χ1) is 12.3. The lowest BCUT2D eigenvalue weighted by Gasteiger charge is -2.32. The summed E-state index contributed by atoms with van der Waals surface area (Å²) in [6.45, 7) is 3.43. The molecule has 1 aliphatic heterocycles. The van der Waals surface area contributed by atoms with E-state index in [2.05, 4.69) is 33.1 Å². The van der Waals surface area contributed by atoms with Crippen LogP contribution in [0.1, 0.15) is 11.4 Å². The molecule has 0 spiro atoms. The van der Waals surface area contributed by atoms with E-state index in [1.807, 2.05) is 30.3 Å². The topological polar surface area (TPSA) is 50.4 Å². The molecule has 5 nitrogen and oxygen atoms in total. The van der Waals surface area contributed by atoms with Crippen molar-refractivity contribution >= 4 is 11.0 Å². The summed E-state index contributed by atoms with van der Waals surface area (Å²) in [4.78, 5) is 10.5. The van der Waals surface area contributed by atoms with Crippen molar-refractivity contribution in [1.82, 2.24) is 14.9 Å².